The molecular weight excluding hydrogens is 336 g/mol. The lowest BCUT2D eigenvalue weighted by atomic mass is 10.1. The lowest BCUT2D eigenvalue weighted by Crippen LogP contribution is -2.36. The van der Waals surface area contributed by atoms with E-state index in [-0.39, 0.29) is 18.0 Å². The molecule has 1 heterocycles. The molecule has 0 aliphatic rings. The monoisotopic (exact) mass is 356 g/mol. The first-order valence-corrected chi connectivity index (χ1v) is 8.95. The van der Waals surface area contributed by atoms with E-state index < -0.39 is 5.56 Å². The Labute approximate surface area is 151 Å². The van der Waals surface area contributed by atoms with E-state index in [9.17, 15) is 9.59 Å². The largest absolute Gasteiger partial charge is 0.340 e. The van der Waals surface area contributed by atoms with Crippen molar-refractivity contribution >= 4 is 17.7 Å². The van der Waals surface area contributed by atoms with Crippen LogP contribution in [0.15, 0.2) is 34.0 Å². The zero-order valence-corrected chi connectivity index (χ0v) is 15.6. The smallest absolute Gasteiger partial charge is 0.285 e. The minimum atomic E-state index is -0.531. The Morgan fingerprint density at radius 1 is 1.32 bits per heavy atom. The molecule has 1 aromatic carbocycles. The number of carbonyl (C=O) groups excluding carboxylic acids is 1. The number of aryl methyl sites for hydroxylation is 1. The molecule has 6 nitrogen and oxygen atoms in total. The number of aromatic nitrogens is 2. The summed E-state index contributed by atoms with van der Waals surface area (Å²) in [5, 5.41) is 13.3. The highest BCUT2D eigenvalue weighted by Crippen LogP contribution is 2.15. The molecule has 0 spiro atoms. The topological polar surface area (TPSA) is 79.0 Å². The highest BCUT2D eigenvalue weighted by Gasteiger charge is 2.16. The van der Waals surface area contributed by atoms with Gasteiger partial charge in [0.15, 0.2) is 0 Å². The van der Waals surface area contributed by atoms with Crippen LogP contribution in [-0.4, -0.2) is 33.9 Å². The second-order valence-corrected chi connectivity index (χ2v) is 6.64. The van der Waals surface area contributed by atoms with Gasteiger partial charge >= 0.3 is 0 Å². The number of nitrogens with zero attached hydrogens (tertiary/aromatic N) is 4. The Morgan fingerprint density at radius 3 is 2.52 bits per heavy atom. The maximum absolute atomic E-state index is 12.4. The molecular formula is C18H20N4O2S. The molecule has 0 bridgehead atoms. The van der Waals surface area contributed by atoms with Crippen molar-refractivity contribution in [3.05, 3.63) is 57.0 Å². The molecule has 0 fully saturated rings. The van der Waals surface area contributed by atoms with E-state index in [1.807, 2.05) is 36.6 Å². The Balaban J connectivity index is 2.15. The van der Waals surface area contributed by atoms with Crippen LogP contribution >= 0.6 is 11.8 Å². The van der Waals surface area contributed by atoms with Crippen molar-refractivity contribution in [1.82, 2.24) is 14.7 Å². The summed E-state index contributed by atoms with van der Waals surface area (Å²) < 4.78 is 1.07. The number of hydrogen-bond acceptors (Lipinski definition) is 5. The van der Waals surface area contributed by atoms with E-state index in [1.165, 1.54) is 0 Å². The van der Waals surface area contributed by atoms with Crippen molar-refractivity contribution in [3.8, 4) is 6.07 Å². The number of carbonyl (C=O) groups is 1. The van der Waals surface area contributed by atoms with Crippen LogP contribution in [0, 0.1) is 25.2 Å². The molecule has 2 aromatic rings. The van der Waals surface area contributed by atoms with Crippen molar-refractivity contribution in [2.75, 3.05) is 13.3 Å². The molecule has 0 atom stereocenters. The molecule has 7 heteroatoms. The first-order valence-electron chi connectivity index (χ1n) is 7.72. The van der Waals surface area contributed by atoms with Crippen molar-refractivity contribution in [2.45, 2.75) is 31.8 Å². The van der Waals surface area contributed by atoms with Crippen LogP contribution in [0.2, 0.25) is 0 Å². The summed E-state index contributed by atoms with van der Waals surface area (Å²) in [5.41, 5.74) is 1.64. The van der Waals surface area contributed by atoms with Crippen molar-refractivity contribution in [1.29, 1.82) is 5.26 Å². The van der Waals surface area contributed by atoms with E-state index >= 15 is 0 Å². The molecule has 0 aliphatic heterocycles. The van der Waals surface area contributed by atoms with Crippen LogP contribution in [0.3, 0.4) is 0 Å². The minimum Gasteiger partial charge on any atom is -0.340 e. The maximum atomic E-state index is 12.4. The Hall–Kier alpha value is -2.59. The van der Waals surface area contributed by atoms with Gasteiger partial charge < -0.3 is 4.90 Å². The highest BCUT2D eigenvalue weighted by molar-refractivity contribution is 7.98. The second kappa shape index (κ2) is 7.99. The van der Waals surface area contributed by atoms with Gasteiger partial charge in [0.25, 0.3) is 5.56 Å². The molecule has 0 radical (unpaired) electrons. The zero-order valence-electron chi connectivity index (χ0n) is 14.7. The number of rotatable bonds is 5. The van der Waals surface area contributed by atoms with Gasteiger partial charge in [-0.25, -0.2) is 4.68 Å². The summed E-state index contributed by atoms with van der Waals surface area (Å²) in [5.74, 6) is -0.240. The average molecular weight is 356 g/mol. The van der Waals surface area contributed by atoms with Gasteiger partial charge in [0.2, 0.25) is 5.91 Å². The third-order valence-electron chi connectivity index (χ3n) is 4.04. The lowest BCUT2D eigenvalue weighted by molar-refractivity contribution is -0.131. The van der Waals surface area contributed by atoms with E-state index in [4.69, 9.17) is 5.26 Å². The first-order chi connectivity index (χ1) is 11.9. The molecule has 25 heavy (non-hydrogen) atoms. The van der Waals surface area contributed by atoms with Gasteiger partial charge in [0, 0.05) is 18.5 Å². The van der Waals surface area contributed by atoms with Crippen molar-refractivity contribution < 1.29 is 4.79 Å². The minimum absolute atomic E-state index is 0.0376. The number of nitriles is 1. The number of thioether (sulfide) groups is 1. The third-order valence-corrected chi connectivity index (χ3v) is 4.78. The number of benzene rings is 1. The maximum Gasteiger partial charge on any atom is 0.285 e. The van der Waals surface area contributed by atoms with Crippen LogP contribution in [0.4, 0.5) is 0 Å². The van der Waals surface area contributed by atoms with E-state index in [0.29, 0.717) is 17.8 Å². The molecule has 1 aromatic heterocycles. The summed E-state index contributed by atoms with van der Waals surface area (Å²) >= 11 is 1.66. The molecule has 0 saturated heterocycles. The van der Waals surface area contributed by atoms with E-state index in [2.05, 4.69) is 5.10 Å². The summed E-state index contributed by atoms with van der Waals surface area (Å²) in [4.78, 5) is 27.4. The van der Waals surface area contributed by atoms with Gasteiger partial charge in [-0.3, -0.25) is 9.59 Å². The summed E-state index contributed by atoms with van der Waals surface area (Å²) in [6, 6.07) is 9.86. The first kappa shape index (κ1) is 18.7. The highest BCUT2D eigenvalue weighted by atomic mass is 32.2. The van der Waals surface area contributed by atoms with Gasteiger partial charge in [-0.15, -0.1) is 11.8 Å². The van der Waals surface area contributed by atoms with Crippen LogP contribution in [-0.2, 0) is 17.9 Å². The molecule has 0 saturated carbocycles. The van der Waals surface area contributed by atoms with Crippen LogP contribution < -0.4 is 5.56 Å². The van der Waals surface area contributed by atoms with Crippen LogP contribution in [0.25, 0.3) is 0 Å². The number of hydrogen-bond donors (Lipinski definition) is 0. The fraction of sp³-hybridized carbons (Fsp3) is 0.333. The molecule has 0 unspecified atom stereocenters. The fourth-order valence-corrected chi connectivity index (χ4v) is 2.76. The average Bonchev–Trinajstić information content (AvgIpc) is 2.60. The lowest BCUT2D eigenvalue weighted by Gasteiger charge is -2.18. The third kappa shape index (κ3) is 4.28. The SMILES string of the molecule is CSc1ccc(CN(C)C(=O)Cn2nc(C)c(C)c(C#N)c2=O)cc1. The Kier molecular flexibility index (Phi) is 5.99. The quantitative estimate of drug-likeness (QED) is 0.767. The number of amides is 1. The van der Waals surface area contributed by atoms with Gasteiger partial charge in [0.1, 0.15) is 18.2 Å². The standard InChI is InChI=1S/C18H20N4O2S/c1-12-13(2)20-22(18(24)16(12)9-19)11-17(23)21(3)10-14-5-7-15(25-4)8-6-14/h5-8H,10-11H2,1-4H3. The van der Waals surface area contributed by atoms with E-state index in [0.717, 1.165) is 15.1 Å². The predicted octanol–water partition coefficient (Wildman–Crippen LogP) is 2.11. The predicted molar refractivity (Wildman–Crippen MR) is 97.4 cm³/mol. The Morgan fingerprint density at radius 2 is 1.96 bits per heavy atom. The van der Waals surface area contributed by atoms with Gasteiger partial charge in [-0.2, -0.15) is 10.4 Å². The van der Waals surface area contributed by atoms with Gasteiger partial charge in [-0.1, -0.05) is 12.1 Å². The van der Waals surface area contributed by atoms with Gasteiger partial charge in [0.05, 0.1) is 5.69 Å². The normalized spacial score (nSPS) is 10.4. The molecule has 0 N–H and O–H groups in total. The van der Waals surface area contributed by atoms with Crippen LogP contribution in [0.5, 0.6) is 0 Å². The zero-order chi connectivity index (χ0) is 18.6. The van der Waals surface area contributed by atoms with Crippen LogP contribution in [0.1, 0.15) is 22.4 Å². The van der Waals surface area contributed by atoms with E-state index in [1.54, 1.807) is 37.6 Å². The Bertz CT molecular complexity index is 882. The number of likely N-dealkylation sites (N-methyl/N-ethyl adjacent to an activating group) is 1. The molecule has 0 aliphatic carbocycles. The summed E-state index contributed by atoms with van der Waals surface area (Å²) in [6.45, 7) is 3.65. The fourth-order valence-electron chi connectivity index (χ4n) is 2.35. The second-order valence-electron chi connectivity index (χ2n) is 5.76. The molecule has 2 rings (SSSR count). The summed E-state index contributed by atoms with van der Waals surface area (Å²) in [7, 11) is 1.68. The van der Waals surface area contributed by atoms with Crippen molar-refractivity contribution in [2.24, 2.45) is 0 Å². The summed E-state index contributed by atoms with van der Waals surface area (Å²) in [6.07, 6.45) is 2.01. The van der Waals surface area contributed by atoms with Gasteiger partial charge in [-0.05, 0) is 43.4 Å². The molecule has 1 amide bonds. The molecule has 130 valence electrons. The van der Waals surface area contributed by atoms with Crippen molar-refractivity contribution in [3.63, 3.8) is 0 Å².